The molecule has 1 aromatic rings. The minimum absolute atomic E-state index is 0.335. The molecule has 4 nitrogen and oxygen atoms in total. The fraction of sp³-hybridized carbons (Fsp3) is 0.625. The smallest absolute Gasteiger partial charge is 0.161 e. The van der Waals surface area contributed by atoms with E-state index in [1.165, 1.54) is 12.8 Å². The van der Waals surface area contributed by atoms with E-state index >= 15 is 0 Å². The summed E-state index contributed by atoms with van der Waals surface area (Å²) in [5.74, 6) is 1.56. The topological polar surface area (TPSA) is 50.7 Å². The molecule has 0 aromatic heterocycles. The molecular formula is C16H27NO3. The molecule has 1 aromatic carbocycles. The highest BCUT2D eigenvalue weighted by atomic mass is 16.5. The Kier molecular flexibility index (Phi) is 8.07. The number of ether oxygens (including phenoxy) is 2. The molecule has 4 heteroatoms. The monoisotopic (exact) mass is 281 g/mol. The lowest BCUT2D eigenvalue weighted by Crippen LogP contribution is -2.23. The second-order valence-electron chi connectivity index (χ2n) is 5.02. The summed E-state index contributed by atoms with van der Waals surface area (Å²) in [6.07, 6.45) is 3.09. The molecule has 1 atom stereocenters. The number of nitrogens with one attached hydrogen (secondary N) is 1. The third-order valence-corrected chi connectivity index (χ3v) is 3.00. The lowest BCUT2D eigenvalue weighted by Gasteiger charge is -2.13. The van der Waals surface area contributed by atoms with E-state index in [1.807, 2.05) is 18.2 Å². The maximum atomic E-state index is 9.23. The summed E-state index contributed by atoms with van der Waals surface area (Å²) in [5, 5.41) is 12.4. The third kappa shape index (κ3) is 6.26. The predicted octanol–water partition coefficient (Wildman–Crippen LogP) is 2.73. The zero-order chi connectivity index (χ0) is 14.8. The molecule has 0 aliphatic heterocycles. The zero-order valence-electron chi connectivity index (χ0n) is 12.8. The SMILES string of the molecule is CCCCCOc1cc(CNCC(C)O)ccc1OC. The van der Waals surface area contributed by atoms with Crippen molar-refractivity contribution in [1.29, 1.82) is 0 Å². The molecule has 0 fully saturated rings. The number of aliphatic hydroxyl groups excluding tert-OH is 1. The number of benzene rings is 1. The highest BCUT2D eigenvalue weighted by Gasteiger charge is 2.06. The van der Waals surface area contributed by atoms with Crippen LogP contribution < -0.4 is 14.8 Å². The van der Waals surface area contributed by atoms with Crippen LogP contribution in [0.4, 0.5) is 0 Å². The van der Waals surface area contributed by atoms with Crippen LogP contribution in [0.1, 0.15) is 38.7 Å². The van der Waals surface area contributed by atoms with Crippen molar-refractivity contribution in [2.24, 2.45) is 0 Å². The van der Waals surface area contributed by atoms with E-state index in [1.54, 1.807) is 14.0 Å². The summed E-state index contributed by atoms with van der Waals surface area (Å²) in [7, 11) is 1.65. The van der Waals surface area contributed by atoms with Crippen LogP contribution in [0.2, 0.25) is 0 Å². The van der Waals surface area contributed by atoms with Gasteiger partial charge in [-0.3, -0.25) is 0 Å². The Bertz CT molecular complexity index is 380. The first-order valence-electron chi connectivity index (χ1n) is 7.35. The van der Waals surface area contributed by atoms with Crippen LogP contribution in [0.5, 0.6) is 11.5 Å². The molecule has 0 aliphatic carbocycles. The van der Waals surface area contributed by atoms with Crippen molar-refractivity contribution in [1.82, 2.24) is 5.32 Å². The van der Waals surface area contributed by atoms with E-state index in [0.29, 0.717) is 13.1 Å². The van der Waals surface area contributed by atoms with E-state index in [9.17, 15) is 5.11 Å². The van der Waals surface area contributed by atoms with Gasteiger partial charge in [0.15, 0.2) is 11.5 Å². The molecule has 0 heterocycles. The van der Waals surface area contributed by atoms with Gasteiger partial charge in [-0.15, -0.1) is 0 Å². The van der Waals surface area contributed by atoms with Crippen LogP contribution in [-0.4, -0.2) is 31.5 Å². The van der Waals surface area contributed by atoms with E-state index in [4.69, 9.17) is 9.47 Å². The van der Waals surface area contributed by atoms with Crippen molar-refractivity contribution in [2.75, 3.05) is 20.3 Å². The van der Waals surface area contributed by atoms with Crippen LogP contribution >= 0.6 is 0 Å². The fourth-order valence-corrected chi connectivity index (χ4v) is 1.90. The molecule has 0 bridgehead atoms. The molecule has 0 spiro atoms. The Hall–Kier alpha value is -1.26. The highest BCUT2D eigenvalue weighted by molar-refractivity contribution is 5.42. The number of hydrogen-bond donors (Lipinski definition) is 2. The average Bonchev–Trinajstić information content (AvgIpc) is 2.43. The highest BCUT2D eigenvalue weighted by Crippen LogP contribution is 2.28. The van der Waals surface area contributed by atoms with Crippen LogP contribution in [0, 0.1) is 0 Å². The minimum Gasteiger partial charge on any atom is -0.493 e. The van der Waals surface area contributed by atoms with Crippen molar-refractivity contribution in [2.45, 2.75) is 45.8 Å². The standard InChI is InChI=1S/C16H27NO3/c1-4-5-6-9-20-16-10-14(7-8-15(16)19-3)12-17-11-13(2)18/h7-8,10,13,17-18H,4-6,9,11-12H2,1-3H3. The molecule has 0 radical (unpaired) electrons. The van der Waals surface area contributed by atoms with Crippen molar-refractivity contribution in [3.05, 3.63) is 23.8 Å². The van der Waals surface area contributed by atoms with Crippen LogP contribution in [-0.2, 0) is 6.54 Å². The van der Waals surface area contributed by atoms with Crippen LogP contribution in [0.3, 0.4) is 0 Å². The Morgan fingerprint density at radius 2 is 2.05 bits per heavy atom. The first-order valence-corrected chi connectivity index (χ1v) is 7.35. The molecule has 2 N–H and O–H groups in total. The van der Waals surface area contributed by atoms with Gasteiger partial charge in [0.05, 0.1) is 19.8 Å². The number of unbranched alkanes of at least 4 members (excludes halogenated alkanes) is 2. The van der Waals surface area contributed by atoms with Crippen LogP contribution in [0.15, 0.2) is 18.2 Å². The lowest BCUT2D eigenvalue weighted by atomic mass is 10.2. The van der Waals surface area contributed by atoms with Gasteiger partial charge in [-0.05, 0) is 31.0 Å². The molecule has 0 saturated carbocycles. The Morgan fingerprint density at radius 1 is 1.25 bits per heavy atom. The van der Waals surface area contributed by atoms with Crippen LogP contribution in [0.25, 0.3) is 0 Å². The summed E-state index contributed by atoms with van der Waals surface area (Å²) in [5.41, 5.74) is 1.12. The number of hydrogen-bond acceptors (Lipinski definition) is 4. The third-order valence-electron chi connectivity index (χ3n) is 3.00. The van der Waals surface area contributed by atoms with Gasteiger partial charge in [0.1, 0.15) is 0 Å². The van der Waals surface area contributed by atoms with Gasteiger partial charge in [-0.25, -0.2) is 0 Å². The second kappa shape index (κ2) is 9.61. The van der Waals surface area contributed by atoms with Gasteiger partial charge in [0.25, 0.3) is 0 Å². The fourth-order valence-electron chi connectivity index (χ4n) is 1.90. The van der Waals surface area contributed by atoms with E-state index in [-0.39, 0.29) is 6.10 Å². The second-order valence-corrected chi connectivity index (χ2v) is 5.02. The van der Waals surface area contributed by atoms with Gasteiger partial charge in [0, 0.05) is 13.1 Å². The molecular weight excluding hydrogens is 254 g/mol. The number of rotatable bonds is 10. The molecule has 20 heavy (non-hydrogen) atoms. The predicted molar refractivity (Wildman–Crippen MR) is 81.4 cm³/mol. The van der Waals surface area contributed by atoms with E-state index < -0.39 is 0 Å². The van der Waals surface area contributed by atoms with Crippen molar-refractivity contribution in [3.63, 3.8) is 0 Å². The largest absolute Gasteiger partial charge is 0.493 e. The summed E-state index contributed by atoms with van der Waals surface area (Å²) in [4.78, 5) is 0. The van der Waals surface area contributed by atoms with E-state index in [0.717, 1.165) is 30.1 Å². The summed E-state index contributed by atoms with van der Waals surface area (Å²) < 4.78 is 11.1. The quantitative estimate of drug-likeness (QED) is 0.648. The van der Waals surface area contributed by atoms with Gasteiger partial charge in [-0.2, -0.15) is 0 Å². The summed E-state index contributed by atoms with van der Waals surface area (Å²) in [6.45, 7) is 5.95. The van der Waals surface area contributed by atoms with Crippen molar-refractivity contribution < 1.29 is 14.6 Å². The van der Waals surface area contributed by atoms with Gasteiger partial charge in [0.2, 0.25) is 0 Å². The Balaban J connectivity index is 2.55. The first kappa shape index (κ1) is 16.8. The molecule has 0 saturated heterocycles. The van der Waals surface area contributed by atoms with Crippen molar-refractivity contribution >= 4 is 0 Å². The molecule has 114 valence electrons. The number of aliphatic hydroxyl groups is 1. The minimum atomic E-state index is -0.335. The molecule has 0 aliphatic rings. The molecule has 1 rings (SSSR count). The molecule has 1 unspecified atom stereocenters. The normalized spacial score (nSPS) is 12.2. The first-order chi connectivity index (χ1) is 9.67. The van der Waals surface area contributed by atoms with Gasteiger partial charge >= 0.3 is 0 Å². The number of methoxy groups -OCH3 is 1. The lowest BCUT2D eigenvalue weighted by molar-refractivity contribution is 0.191. The maximum absolute atomic E-state index is 9.23. The Labute approximate surface area is 122 Å². The van der Waals surface area contributed by atoms with E-state index in [2.05, 4.69) is 12.2 Å². The summed E-state index contributed by atoms with van der Waals surface area (Å²) in [6, 6.07) is 5.93. The zero-order valence-corrected chi connectivity index (χ0v) is 12.8. The van der Waals surface area contributed by atoms with Crippen molar-refractivity contribution in [3.8, 4) is 11.5 Å². The van der Waals surface area contributed by atoms with Gasteiger partial charge < -0.3 is 19.9 Å². The van der Waals surface area contributed by atoms with Gasteiger partial charge in [-0.1, -0.05) is 25.8 Å². The maximum Gasteiger partial charge on any atom is 0.161 e. The average molecular weight is 281 g/mol. The molecule has 0 amide bonds. The Morgan fingerprint density at radius 3 is 2.70 bits per heavy atom. The summed E-state index contributed by atoms with van der Waals surface area (Å²) >= 11 is 0.